The van der Waals surface area contributed by atoms with E-state index < -0.39 is 12.3 Å². The van der Waals surface area contributed by atoms with E-state index in [1.165, 1.54) is 0 Å². The van der Waals surface area contributed by atoms with E-state index >= 15 is 0 Å². The number of rotatable bonds is 6. The molecule has 1 atom stereocenters. The van der Waals surface area contributed by atoms with Gasteiger partial charge < -0.3 is 14.2 Å². The monoisotopic (exact) mass is 334 g/mol. The number of para-hydroxylation sites is 1. The van der Waals surface area contributed by atoms with Crippen molar-refractivity contribution >= 4 is 16.7 Å². The van der Waals surface area contributed by atoms with Crippen LogP contribution < -0.4 is 14.2 Å². The Labute approximate surface area is 146 Å². The van der Waals surface area contributed by atoms with Gasteiger partial charge >= 0.3 is 5.97 Å². The van der Waals surface area contributed by atoms with Crippen molar-refractivity contribution in [2.45, 2.75) is 13.2 Å². The van der Waals surface area contributed by atoms with Gasteiger partial charge in [-0.1, -0.05) is 49.0 Å². The number of fused-ring (bicyclic) bond motifs is 1. The minimum Gasteiger partial charge on any atom is -0.455 e. The molecule has 4 heteroatoms. The first-order valence-electron chi connectivity index (χ1n) is 7.92. The van der Waals surface area contributed by atoms with Gasteiger partial charge in [-0.25, -0.2) is 4.79 Å². The Morgan fingerprint density at radius 2 is 1.52 bits per heavy atom. The molecular weight excluding hydrogens is 316 g/mol. The van der Waals surface area contributed by atoms with Crippen LogP contribution >= 0.6 is 0 Å². The van der Waals surface area contributed by atoms with Gasteiger partial charge in [0.1, 0.15) is 17.2 Å². The second-order valence-electron chi connectivity index (χ2n) is 5.35. The molecule has 0 aliphatic carbocycles. The van der Waals surface area contributed by atoms with Crippen molar-refractivity contribution in [1.82, 2.24) is 0 Å². The van der Waals surface area contributed by atoms with Crippen molar-refractivity contribution in [3.05, 3.63) is 79.4 Å². The van der Waals surface area contributed by atoms with Gasteiger partial charge in [0.15, 0.2) is 0 Å². The first-order chi connectivity index (χ1) is 12.2. The predicted octanol–water partition coefficient (Wildman–Crippen LogP) is 4.74. The zero-order valence-electron chi connectivity index (χ0n) is 13.8. The largest absolute Gasteiger partial charge is 0.455 e. The smallest absolute Gasteiger partial charge is 0.335 e. The third-order valence-electron chi connectivity index (χ3n) is 3.56. The van der Waals surface area contributed by atoms with E-state index in [9.17, 15) is 4.79 Å². The van der Waals surface area contributed by atoms with Gasteiger partial charge in [0, 0.05) is 23.8 Å². The standard InChI is InChI=1S/C21H18O4/c1-3-21(22)25-20-14-8-11-17-18(20)12-7-13-19(17)24-15(2)23-16-9-5-4-6-10-16/h3-15H,1H2,2H3. The summed E-state index contributed by atoms with van der Waals surface area (Å²) in [4.78, 5) is 11.5. The molecule has 0 saturated heterocycles. The molecule has 3 aromatic rings. The van der Waals surface area contributed by atoms with Gasteiger partial charge in [0.2, 0.25) is 6.29 Å². The van der Waals surface area contributed by atoms with Crippen LogP contribution in [-0.2, 0) is 4.79 Å². The molecule has 0 heterocycles. The first-order valence-corrected chi connectivity index (χ1v) is 7.92. The number of ether oxygens (including phenoxy) is 3. The summed E-state index contributed by atoms with van der Waals surface area (Å²) < 4.78 is 17.0. The zero-order valence-corrected chi connectivity index (χ0v) is 13.8. The molecule has 0 radical (unpaired) electrons. The Kier molecular flexibility index (Phi) is 5.00. The normalized spacial score (nSPS) is 11.6. The molecule has 4 nitrogen and oxygen atoms in total. The Balaban J connectivity index is 1.85. The number of hydrogen-bond acceptors (Lipinski definition) is 4. The van der Waals surface area contributed by atoms with Crippen LogP contribution in [-0.4, -0.2) is 12.3 Å². The van der Waals surface area contributed by atoms with Gasteiger partial charge in [0.25, 0.3) is 0 Å². The molecule has 0 N–H and O–H groups in total. The molecule has 3 rings (SSSR count). The van der Waals surface area contributed by atoms with Crippen LogP contribution in [0.4, 0.5) is 0 Å². The fourth-order valence-corrected chi connectivity index (χ4v) is 2.49. The lowest BCUT2D eigenvalue weighted by molar-refractivity contribution is -0.128. The van der Waals surface area contributed by atoms with Crippen LogP contribution in [0.15, 0.2) is 79.4 Å². The zero-order chi connectivity index (χ0) is 17.6. The van der Waals surface area contributed by atoms with Crippen molar-refractivity contribution in [3.63, 3.8) is 0 Å². The topological polar surface area (TPSA) is 44.8 Å². The van der Waals surface area contributed by atoms with Gasteiger partial charge in [-0.15, -0.1) is 0 Å². The van der Waals surface area contributed by atoms with E-state index in [0.717, 1.165) is 22.6 Å². The van der Waals surface area contributed by atoms with Crippen LogP contribution in [0.1, 0.15) is 6.92 Å². The highest BCUT2D eigenvalue weighted by Gasteiger charge is 2.12. The summed E-state index contributed by atoms with van der Waals surface area (Å²) in [5.74, 6) is 1.34. The highest BCUT2D eigenvalue weighted by atomic mass is 16.7. The van der Waals surface area contributed by atoms with Crippen molar-refractivity contribution in [3.8, 4) is 17.2 Å². The quantitative estimate of drug-likeness (QED) is 0.283. The van der Waals surface area contributed by atoms with E-state index in [-0.39, 0.29) is 0 Å². The maximum atomic E-state index is 11.5. The molecule has 0 aliphatic heterocycles. The fraction of sp³-hybridized carbons (Fsp3) is 0.0952. The lowest BCUT2D eigenvalue weighted by Gasteiger charge is -2.18. The minimum absolute atomic E-state index is 0.462. The highest BCUT2D eigenvalue weighted by Crippen LogP contribution is 2.33. The summed E-state index contributed by atoms with van der Waals surface area (Å²) in [6.07, 6.45) is 0.655. The number of carbonyl (C=O) groups is 1. The third-order valence-corrected chi connectivity index (χ3v) is 3.56. The lowest BCUT2D eigenvalue weighted by Crippen LogP contribution is -2.19. The summed E-state index contributed by atoms with van der Waals surface area (Å²) in [5.41, 5.74) is 0. The highest BCUT2D eigenvalue weighted by molar-refractivity contribution is 5.95. The number of hydrogen-bond donors (Lipinski definition) is 0. The van der Waals surface area contributed by atoms with E-state index in [0.29, 0.717) is 11.5 Å². The molecule has 0 spiro atoms. The summed E-state index contributed by atoms with van der Waals surface area (Å²) in [5, 5.41) is 1.61. The molecule has 1 unspecified atom stereocenters. The van der Waals surface area contributed by atoms with Crippen LogP contribution in [0.5, 0.6) is 17.2 Å². The average molecular weight is 334 g/mol. The van der Waals surface area contributed by atoms with Gasteiger partial charge in [-0.3, -0.25) is 0 Å². The summed E-state index contributed by atoms with van der Waals surface area (Å²) >= 11 is 0. The molecule has 0 saturated carbocycles. The Bertz CT molecular complexity index is 887. The van der Waals surface area contributed by atoms with Crippen molar-refractivity contribution in [2.75, 3.05) is 0 Å². The Morgan fingerprint density at radius 3 is 2.20 bits per heavy atom. The fourth-order valence-electron chi connectivity index (χ4n) is 2.49. The molecule has 0 bridgehead atoms. The molecule has 3 aromatic carbocycles. The van der Waals surface area contributed by atoms with E-state index in [2.05, 4.69) is 6.58 Å². The lowest BCUT2D eigenvalue weighted by atomic mass is 10.1. The predicted molar refractivity (Wildman–Crippen MR) is 96.9 cm³/mol. The van der Waals surface area contributed by atoms with Crippen LogP contribution in [0.2, 0.25) is 0 Å². The second kappa shape index (κ2) is 7.53. The first kappa shape index (κ1) is 16.6. The third kappa shape index (κ3) is 3.98. The maximum Gasteiger partial charge on any atom is 0.335 e. The van der Waals surface area contributed by atoms with Crippen molar-refractivity contribution < 1.29 is 19.0 Å². The maximum absolute atomic E-state index is 11.5. The molecule has 0 aliphatic rings. The van der Waals surface area contributed by atoms with Crippen LogP contribution in [0.3, 0.4) is 0 Å². The second-order valence-corrected chi connectivity index (χ2v) is 5.35. The minimum atomic E-state index is -0.500. The van der Waals surface area contributed by atoms with E-state index in [1.807, 2.05) is 67.6 Å². The van der Waals surface area contributed by atoms with Crippen molar-refractivity contribution in [1.29, 1.82) is 0 Å². The Hall–Kier alpha value is -3.27. The molecular formula is C21H18O4. The summed E-state index contributed by atoms with van der Waals surface area (Å²) in [6, 6.07) is 20.5. The van der Waals surface area contributed by atoms with Gasteiger partial charge in [-0.05, 0) is 24.3 Å². The molecule has 0 amide bonds. The molecule has 126 valence electrons. The SMILES string of the molecule is C=CC(=O)Oc1cccc2c(OC(C)Oc3ccccc3)cccc12. The molecule has 25 heavy (non-hydrogen) atoms. The number of carbonyl (C=O) groups excluding carboxylic acids is 1. The van der Waals surface area contributed by atoms with Crippen LogP contribution in [0.25, 0.3) is 10.8 Å². The Morgan fingerprint density at radius 1 is 0.880 bits per heavy atom. The van der Waals surface area contributed by atoms with Crippen molar-refractivity contribution in [2.24, 2.45) is 0 Å². The van der Waals surface area contributed by atoms with E-state index in [1.54, 1.807) is 6.07 Å². The van der Waals surface area contributed by atoms with Gasteiger partial charge in [-0.2, -0.15) is 0 Å². The summed E-state index contributed by atoms with van der Waals surface area (Å²) in [6.45, 7) is 5.24. The summed E-state index contributed by atoms with van der Waals surface area (Å²) in [7, 11) is 0. The average Bonchev–Trinajstić information content (AvgIpc) is 2.63. The van der Waals surface area contributed by atoms with Gasteiger partial charge in [0.05, 0.1) is 0 Å². The number of benzene rings is 3. The molecule has 0 aromatic heterocycles. The molecule has 0 fully saturated rings. The number of esters is 1. The van der Waals surface area contributed by atoms with Crippen LogP contribution in [0, 0.1) is 0 Å². The van der Waals surface area contributed by atoms with E-state index in [4.69, 9.17) is 14.2 Å².